The lowest BCUT2D eigenvalue weighted by molar-refractivity contribution is -0.143. The van der Waals surface area contributed by atoms with Crippen LogP contribution in [-0.2, 0) is 20.7 Å². The number of amides is 2. The molecule has 34 heavy (non-hydrogen) atoms. The van der Waals surface area contributed by atoms with Gasteiger partial charge in [-0.3, -0.25) is 9.59 Å². The van der Waals surface area contributed by atoms with Crippen molar-refractivity contribution in [1.29, 1.82) is 0 Å². The Morgan fingerprint density at radius 3 is 2.47 bits per heavy atom. The highest BCUT2D eigenvalue weighted by Crippen LogP contribution is 2.38. The van der Waals surface area contributed by atoms with Crippen molar-refractivity contribution in [3.63, 3.8) is 0 Å². The first-order valence-electron chi connectivity index (χ1n) is 12.5. The largest absolute Gasteiger partial charge is 0.481 e. The van der Waals surface area contributed by atoms with Gasteiger partial charge in [0, 0.05) is 26.1 Å². The van der Waals surface area contributed by atoms with Crippen LogP contribution >= 0.6 is 0 Å². The van der Waals surface area contributed by atoms with Crippen LogP contribution in [0.1, 0.15) is 56.3 Å². The molecule has 1 saturated heterocycles. The summed E-state index contributed by atoms with van der Waals surface area (Å²) in [6.07, 6.45) is 1.40. The Balaban J connectivity index is 1.63. The SMILES string of the molecule is CC[C@H](Oc1ccc2c(c1)[C@H](c1ccccc1)N(C(=O)CC(C)C)CC2)C(=O)N1CCOCC1. The number of hydrogen-bond acceptors (Lipinski definition) is 4. The molecular weight excluding hydrogens is 428 g/mol. The molecule has 2 aliphatic heterocycles. The summed E-state index contributed by atoms with van der Waals surface area (Å²) in [5.74, 6) is 1.16. The molecule has 4 rings (SSSR count). The fraction of sp³-hybridized carbons (Fsp3) is 0.500. The first kappa shape index (κ1) is 24.3. The van der Waals surface area contributed by atoms with E-state index in [1.807, 2.05) is 47.1 Å². The van der Waals surface area contributed by atoms with Gasteiger partial charge in [0.05, 0.1) is 19.3 Å². The number of fused-ring (bicyclic) bond motifs is 1. The molecule has 0 spiro atoms. The summed E-state index contributed by atoms with van der Waals surface area (Å²) >= 11 is 0. The van der Waals surface area contributed by atoms with Crippen molar-refractivity contribution in [3.8, 4) is 5.75 Å². The van der Waals surface area contributed by atoms with Crippen molar-refractivity contribution in [1.82, 2.24) is 9.80 Å². The molecule has 2 aromatic carbocycles. The summed E-state index contributed by atoms with van der Waals surface area (Å²) in [7, 11) is 0. The lowest BCUT2D eigenvalue weighted by Gasteiger charge is -2.38. The number of morpholine rings is 1. The van der Waals surface area contributed by atoms with E-state index in [9.17, 15) is 9.59 Å². The van der Waals surface area contributed by atoms with Crippen LogP contribution in [0.4, 0.5) is 0 Å². The Hall–Kier alpha value is -2.86. The van der Waals surface area contributed by atoms with Crippen molar-refractivity contribution < 1.29 is 19.1 Å². The fourth-order valence-electron chi connectivity index (χ4n) is 4.86. The van der Waals surface area contributed by atoms with Gasteiger partial charge in [0.2, 0.25) is 5.91 Å². The lowest BCUT2D eigenvalue weighted by Crippen LogP contribution is -2.47. The highest BCUT2D eigenvalue weighted by atomic mass is 16.5. The first-order chi connectivity index (χ1) is 16.5. The van der Waals surface area contributed by atoms with E-state index in [2.05, 4.69) is 32.0 Å². The zero-order valence-electron chi connectivity index (χ0n) is 20.5. The second kappa shape index (κ2) is 11.0. The summed E-state index contributed by atoms with van der Waals surface area (Å²) in [5, 5.41) is 0. The van der Waals surface area contributed by atoms with Crippen LogP contribution < -0.4 is 4.74 Å². The Morgan fingerprint density at radius 1 is 1.06 bits per heavy atom. The monoisotopic (exact) mass is 464 g/mol. The van der Waals surface area contributed by atoms with Crippen LogP contribution in [0.5, 0.6) is 5.75 Å². The van der Waals surface area contributed by atoms with E-state index in [1.54, 1.807) is 0 Å². The minimum absolute atomic E-state index is 0.0110. The third-order valence-corrected chi connectivity index (χ3v) is 6.61. The van der Waals surface area contributed by atoms with Crippen molar-refractivity contribution in [2.75, 3.05) is 32.8 Å². The maximum absolute atomic E-state index is 13.2. The van der Waals surface area contributed by atoms with Crippen LogP contribution in [-0.4, -0.2) is 60.6 Å². The second-order valence-corrected chi connectivity index (χ2v) is 9.56. The maximum Gasteiger partial charge on any atom is 0.263 e. The predicted octanol–water partition coefficient (Wildman–Crippen LogP) is 4.22. The van der Waals surface area contributed by atoms with Gasteiger partial charge in [-0.2, -0.15) is 0 Å². The molecule has 2 aliphatic rings. The molecular formula is C28H36N2O4. The number of ether oxygens (including phenoxy) is 2. The van der Waals surface area contributed by atoms with Gasteiger partial charge in [-0.05, 0) is 47.6 Å². The molecule has 0 N–H and O–H groups in total. The predicted molar refractivity (Wildman–Crippen MR) is 132 cm³/mol. The summed E-state index contributed by atoms with van der Waals surface area (Å²) in [4.78, 5) is 30.1. The average Bonchev–Trinajstić information content (AvgIpc) is 2.86. The average molecular weight is 465 g/mol. The Labute approximate surface area is 202 Å². The van der Waals surface area contributed by atoms with E-state index < -0.39 is 6.10 Å². The highest BCUT2D eigenvalue weighted by Gasteiger charge is 2.33. The van der Waals surface area contributed by atoms with Gasteiger partial charge in [0.15, 0.2) is 6.10 Å². The van der Waals surface area contributed by atoms with Crippen LogP contribution in [0.25, 0.3) is 0 Å². The molecule has 0 bridgehead atoms. The molecule has 2 heterocycles. The molecule has 2 atom stereocenters. The molecule has 6 heteroatoms. The van der Waals surface area contributed by atoms with Crippen molar-refractivity contribution >= 4 is 11.8 Å². The lowest BCUT2D eigenvalue weighted by atomic mass is 9.87. The van der Waals surface area contributed by atoms with Gasteiger partial charge in [0.1, 0.15) is 5.75 Å². The maximum atomic E-state index is 13.2. The third-order valence-electron chi connectivity index (χ3n) is 6.61. The van der Waals surface area contributed by atoms with Crippen LogP contribution in [0.15, 0.2) is 48.5 Å². The zero-order chi connectivity index (χ0) is 24.1. The quantitative estimate of drug-likeness (QED) is 0.616. The highest BCUT2D eigenvalue weighted by molar-refractivity contribution is 5.81. The standard InChI is InChI=1S/C28H36N2O4/c1-4-25(28(32)29-14-16-33-17-15-29)34-23-11-10-21-12-13-30(26(31)18-20(2)3)27(24(21)19-23)22-8-6-5-7-9-22/h5-11,19-20,25,27H,4,12-18H2,1-3H3/t25-,27-/m0/s1. The molecule has 2 amide bonds. The van der Waals surface area contributed by atoms with E-state index in [-0.39, 0.29) is 17.9 Å². The van der Waals surface area contributed by atoms with Gasteiger partial charge < -0.3 is 19.3 Å². The topological polar surface area (TPSA) is 59.1 Å². The molecule has 6 nitrogen and oxygen atoms in total. The second-order valence-electron chi connectivity index (χ2n) is 9.56. The van der Waals surface area contributed by atoms with Crippen molar-refractivity contribution in [2.45, 2.75) is 52.2 Å². The van der Waals surface area contributed by atoms with E-state index in [0.717, 1.165) is 17.5 Å². The molecule has 0 aromatic heterocycles. The molecule has 0 saturated carbocycles. The number of benzene rings is 2. The van der Waals surface area contributed by atoms with Gasteiger partial charge in [-0.1, -0.05) is 57.2 Å². The smallest absolute Gasteiger partial charge is 0.263 e. The van der Waals surface area contributed by atoms with Crippen LogP contribution in [0, 0.1) is 5.92 Å². The molecule has 182 valence electrons. The molecule has 0 unspecified atom stereocenters. The van der Waals surface area contributed by atoms with E-state index in [4.69, 9.17) is 9.47 Å². The zero-order valence-corrected chi connectivity index (χ0v) is 20.5. The Bertz CT molecular complexity index is 985. The van der Waals surface area contributed by atoms with Crippen LogP contribution in [0.2, 0.25) is 0 Å². The third kappa shape index (κ3) is 5.44. The Morgan fingerprint density at radius 2 is 1.79 bits per heavy atom. The number of nitrogens with zero attached hydrogens (tertiary/aromatic N) is 2. The normalized spacial score (nSPS) is 19.0. The summed E-state index contributed by atoms with van der Waals surface area (Å²) in [5.41, 5.74) is 3.40. The molecule has 1 fully saturated rings. The number of hydrogen-bond donors (Lipinski definition) is 0. The fourth-order valence-corrected chi connectivity index (χ4v) is 4.86. The molecule has 0 radical (unpaired) electrons. The van der Waals surface area contributed by atoms with Crippen LogP contribution in [0.3, 0.4) is 0 Å². The molecule has 0 aliphatic carbocycles. The van der Waals surface area contributed by atoms with Gasteiger partial charge in [-0.15, -0.1) is 0 Å². The van der Waals surface area contributed by atoms with Crippen molar-refractivity contribution in [3.05, 3.63) is 65.2 Å². The molecule has 2 aromatic rings. The van der Waals surface area contributed by atoms with E-state index >= 15 is 0 Å². The number of carbonyl (C=O) groups is 2. The Kier molecular flexibility index (Phi) is 7.88. The van der Waals surface area contributed by atoms with E-state index in [0.29, 0.717) is 57.4 Å². The first-order valence-corrected chi connectivity index (χ1v) is 12.5. The van der Waals surface area contributed by atoms with Gasteiger partial charge >= 0.3 is 0 Å². The minimum Gasteiger partial charge on any atom is -0.481 e. The number of rotatable bonds is 7. The van der Waals surface area contributed by atoms with Crippen molar-refractivity contribution in [2.24, 2.45) is 5.92 Å². The summed E-state index contributed by atoms with van der Waals surface area (Å²) < 4.78 is 11.6. The van der Waals surface area contributed by atoms with Gasteiger partial charge in [0.25, 0.3) is 5.91 Å². The summed E-state index contributed by atoms with van der Waals surface area (Å²) in [6.45, 7) is 9.18. The summed E-state index contributed by atoms with van der Waals surface area (Å²) in [6, 6.07) is 16.1. The number of carbonyl (C=O) groups excluding carboxylic acids is 2. The van der Waals surface area contributed by atoms with E-state index in [1.165, 1.54) is 5.56 Å². The van der Waals surface area contributed by atoms with Gasteiger partial charge in [-0.25, -0.2) is 0 Å². The minimum atomic E-state index is -0.534.